The summed E-state index contributed by atoms with van der Waals surface area (Å²) in [5.74, 6) is -0.369. The minimum atomic E-state index is -3.74. The summed E-state index contributed by atoms with van der Waals surface area (Å²) in [5, 5.41) is 5.56. The molecule has 2 amide bonds. The van der Waals surface area contributed by atoms with Crippen molar-refractivity contribution in [3.05, 3.63) is 60.2 Å². The van der Waals surface area contributed by atoms with Crippen molar-refractivity contribution in [3.63, 3.8) is 0 Å². The molecule has 2 aromatic rings. The molecular weight excluding hydrogens is 402 g/mol. The van der Waals surface area contributed by atoms with Crippen LogP contribution in [0, 0.1) is 5.41 Å². The highest BCUT2D eigenvalue weighted by Crippen LogP contribution is 2.33. The molecule has 8 heteroatoms. The highest BCUT2D eigenvalue weighted by molar-refractivity contribution is 7.89. The van der Waals surface area contributed by atoms with Crippen molar-refractivity contribution in [2.75, 3.05) is 18.4 Å². The van der Waals surface area contributed by atoms with Crippen LogP contribution in [0.5, 0.6) is 0 Å². The Bertz CT molecular complexity index is 1010. The molecule has 0 aromatic heterocycles. The van der Waals surface area contributed by atoms with Crippen molar-refractivity contribution in [2.24, 2.45) is 5.41 Å². The molecule has 0 radical (unpaired) electrons. The number of rotatable bonds is 6. The molecule has 1 aliphatic rings. The molecule has 3 rings (SSSR count). The molecule has 0 bridgehead atoms. The molecule has 1 fully saturated rings. The van der Waals surface area contributed by atoms with Crippen molar-refractivity contribution in [1.29, 1.82) is 0 Å². The number of anilines is 1. The van der Waals surface area contributed by atoms with E-state index in [1.807, 2.05) is 37.3 Å². The molecule has 1 atom stereocenters. The molecule has 2 N–H and O–H groups in total. The number of nitrogens with zero attached hydrogens (tertiary/aromatic N) is 1. The number of amides is 2. The number of sulfonamides is 1. The Kier molecular flexibility index (Phi) is 6.58. The zero-order chi connectivity index (χ0) is 21.8. The first kappa shape index (κ1) is 22.0. The van der Waals surface area contributed by atoms with Gasteiger partial charge in [0.05, 0.1) is 10.3 Å². The van der Waals surface area contributed by atoms with E-state index >= 15 is 0 Å². The van der Waals surface area contributed by atoms with Gasteiger partial charge < -0.3 is 10.6 Å². The maximum atomic E-state index is 13.1. The summed E-state index contributed by atoms with van der Waals surface area (Å²) in [6, 6.07) is 15.7. The fraction of sp³-hybridized carbons (Fsp3) is 0.364. The van der Waals surface area contributed by atoms with Crippen molar-refractivity contribution >= 4 is 27.5 Å². The van der Waals surface area contributed by atoms with Crippen molar-refractivity contribution in [3.8, 4) is 0 Å². The van der Waals surface area contributed by atoms with Gasteiger partial charge in [0.25, 0.3) is 0 Å². The number of carbonyl (C=O) groups is 2. The second kappa shape index (κ2) is 8.97. The number of hydrogen-bond acceptors (Lipinski definition) is 4. The van der Waals surface area contributed by atoms with E-state index in [2.05, 4.69) is 10.6 Å². The van der Waals surface area contributed by atoms with Gasteiger partial charge in [-0.2, -0.15) is 4.31 Å². The Morgan fingerprint density at radius 1 is 1.07 bits per heavy atom. The summed E-state index contributed by atoms with van der Waals surface area (Å²) in [5.41, 5.74) is 0.732. The second-order valence-electron chi connectivity index (χ2n) is 7.88. The van der Waals surface area contributed by atoms with Crippen molar-refractivity contribution in [2.45, 2.75) is 38.1 Å². The average Bonchev–Trinajstić information content (AvgIpc) is 2.72. The summed E-state index contributed by atoms with van der Waals surface area (Å²) in [6.45, 7) is 4.12. The van der Waals surface area contributed by atoms with E-state index in [1.54, 1.807) is 12.1 Å². The lowest BCUT2D eigenvalue weighted by atomic mass is 9.82. The van der Waals surface area contributed by atoms with E-state index in [-0.39, 0.29) is 23.3 Å². The molecule has 0 spiro atoms. The molecule has 0 saturated carbocycles. The number of nitrogens with one attached hydrogen (secondary N) is 2. The van der Waals surface area contributed by atoms with Crippen LogP contribution in [0.2, 0.25) is 0 Å². The van der Waals surface area contributed by atoms with Gasteiger partial charge in [-0.3, -0.25) is 9.59 Å². The van der Waals surface area contributed by atoms with Crippen LogP contribution in [0.15, 0.2) is 59.5 Å². The van der Waals surface area contributed by atoms with Crippen LogP contribution >= 0.6 is 0 Å². The summed E-state index contributed by atoms with van der Waals surface area (Å²) < 4.78 is 27.6. The van der Waals surface area contributed by atoms with Gasteiger partial charge in [-0.15, -0.1) is 0 Å². The van der Waals surface area contributed by atoms with Gasteiger partial charge in [-0.25, -0.2) is 8.42 Å². The zero-order valence-corrected chi connectivity index (χ0v) is 18.0. The van der Waals surface area contributed by atoms with E-state index in [0.29, 0.717) is 31.6 Å². The first-order valence-electron chi connectivity index (χ1n) is 9.91. The molecule has 2 aromatic carbocycles. The summed E-state index contributed by atoms with van der Waals surface area (Å²) in [4.78, 5) is 24.2. The Hall–Kier alpha value is -2.71. The van der Waals surface area contributed by atoms with E-state index in [1.165, 1.54) is 23.4 Å². The van der Waals surface area contributed by atoms with Gasteiger partial charge in [-0.05, 0) is 49.6 Å². The summed E-state index contributed by atoms with van der Waals surface area (Å²) >= 11 is 0. The maximum absolute atomic E-state index is 13.1. The quantitative estimate of drug-likeness (QED) is 0.738. The molecule has 160 valence electrons. The maximum Gasteiger partial charge on any atom is 0.243 e. The van der Waals surface area contributed by atoms with Gasteiger partial charge in [0.15, 0.2) is 0 Å². The third-order valence-electron chi connectivity index (χ3n) is 5.32. The van der Waals surface area contributed by atoms with Crippen LogP contribution in [0.4, 0.5) is 5.69 Å². The van der Waals surface area contributed by atoms with Crippen LogP contribution in [-0.4, -0.2) is 37.6 Å². The Morgan fingerprint density at radius 2 is 1.73 bits per heavy atom. The van der Waals surface area contributed by atoms with Crippen molar-refractivity contribution < 1.29 is 18.0 Å². The predicted octanol–water partition coefficient (Wildman–Crippen LogP) is 2.75. The fourth-order valence-electron chi connectivity index (χ4n) is 3.64. The van der Waals surface area contributed by atoms with E-state index < -0.39 is 15.4 Å². The molecule has 7 nitrogen and oxygen atoms in total. The SMILES string of the molecule is CC(=O)Nc1ccc(S(=O)(=O)N2CCC[C@@](C)(C(=O)NCc3ccccc3)C2)cc1. The van der Waals surface area contributed by atoms with Gasteiger partial charge >= 0.3 is 0 Å². The third kappa shape index (κ3) is 5.06. The van der Waals surface area contributed by atoms with Crippen LogP contribution in [0.1, 0.15) is 32.3 Å². The van der Waals surface area contributed by atoms with E-state index in [4.69, 9.17) is 0 Å². The van der Waals surface area contributed by atoms with Gasteiger partial charge in [-0.1, -0.05) is 30.3 Å². The predicted molar refractivity (Wildman–Crippen MR) is 115 cm³/mol. The molecular formula is C22H27N3O4S. The zero-order valence-electron chi connectivity index (χ0n) is 17.2. The summed E-state index contributed by atoms with van der Waals surface area (Å²) in [6.07, 6.45) is 1.24. The first-order valence-corrected chi connectivity index (χ1v) is 11.3. The molecule has 1 heterocycles. The minimum Gasteiger partial charge on any atom is -0.352 e. The highest BCUT2D eigenvalue weighted by Gasteiger charge is 2.41. The molecule has 30 heavy (non-hydrogen) atoms. The minimum absolute atomic E-state index is 0.128. The lowest BCUT2D eigenvalue weighted by Crippen LogP contribution is -2.51. The number of piperidine rings is 1. The number of benzene rings is 2. The molecule has 1 aliphatic heterocycles. The normalized spacial score (nSPS) is 19.8. The third-order valence-corrected chi connectivity index (χ3v) is 7.18. The Morgan fingerprint density at radius 3 is 2.37 bits per heavy atom. The topological polar surface area (TPSA) is 95.6 Å². The number of carbonyl (C=O) groups excluding carboxylic acids is 2. The molecule has 1 saturated heterocycles. The van der Waals surface area contributed by atoms with Gasteiger partial charge in [0.1, 0.15) is 0 Å². The van der Waals surface area contributed by atoms with E-state index in [0.717, 1.165) is 5.56 Å². The lowest BCUT2D eigenvalue weighted by Gasteiger charge is -2.38. The fourth-order valence-corrected chi connectivity index (χ4v) is 5.24. The largest absolute Gasteiger partial charge is 0.352 e. The number of hydrogen-bond donors (Lipinski definition) is 2. The second-order valence-corrected chi connectivity index (χ2v) is 9.81. The van der Waals surface area contributed by atoms with Crippen molar-refractivity contribution in [1.82, 2.24) is 9.62 Å². The lowest BCUT2D eigenvalue weighted by molar-refractivity contribution is -0.132. The standard InChI is InChI=1S/C22H27N3O4S/c1-17(26)24-19-9-11-20(12-10-19)30(28,29)25-14-6-13-22(2,16-25)21(27)23-15-18-7-4-3-5-8-18/h3-5,7-12H,6,13-16H2,1-2H3,(H,23,27)(H,24,26)/t22-/m1/s1. The Labute approximate surface area is 177 Å². The smallest absolute Gasteiger partial charge is 0.243 e. The van der Waals surface area contributed by atoms with Crippen LogP contribution in [0.25, 0.3) is 0 Å². The highest BCUT2D eigenvalue weighted by atomic mass is 32.2. The van der Waals surface area contributed by atoms with Crippen LogP contribution in [-0.2, 0) is 26.2 Å². The monoisotopic (exact) mass is 429 g/mol. The van der Waals surface area contributed by atoms with E-state index in [9.17, 15) is 18.0 Å². The summed E-state index contributed by atoms with van der Waals surface area (Å²) in [7, 11) is -3.74. The first-order chi connectivity index (χ1) is 14.2. The van der Waals surface area contributed by atoms with Crippen LogP contribution < -0.4 is 10.6 Å². The van der Waals surface area contributed by atoms with Gasteiger partial charge in [0, 0.05) is 32.2 Å². The molecule has 0 aliphatic carbocycles. The Balaban J connectivity index is 1.70. The average molecular weight is 430 g/mol. The van der Waals surface area contributed by atoms with Gasteiger partial charge in [0.2, 0.25) is 21.8 Å². The molecule has 0 unspecified atom stereocenters. The van der Waals surface area contributed by atoms with Crippen LogP contribution in [0.3, 0.4) is 0 Å².